The molecule has 0 aliphatic heterocycles. The molecule has 1 aromatic rings. The van der Waals surface area contributed by atoms with Crippen LogP contribution in [0.3, 0.4) is 0 Å². The number of ether oxygens (including phenoxy) is 1. The fraction of sp³-hybridized carbons (Fsp3) is 0.429. The van der Waals surface area contributed by atoms with Crippen LogP contribution in [0, 0.1) is 0 Å². The zero-order chi connectivity index (χ0) is 12.3. The number of aliphatic hydroxyl groups excluding tert-OH is 1. The van der Waals surface area contributed by atoms with Crippen molar-refractivity contribution < 1.29 is 9.84 Å². The molecule has 17 heavy (non-hydrogen) atoms. The number of hydrogen-bond donors (Lipinski definition) is 2. The Balaban J connectivity index is 2.07. The van der Waals surface area contributed by atoms with E-state index in [1.807, 2.05) is 43.3 Å². The molecule has 3 heteroatoms. The van der Waals surface area contributed by atoms with Crippen LogP contribution in [0.5, 0.6) is 5.75 Å². The Hall–Kier alpha value is -1.32. The van der Waals surface area contributed by atoms with Gasteiger partial charge in [-0.25, -0.2) is 0 Å². The van der Waals surface area contributed by atoms with Crippen molar-refractivity contribution in [1.29, 1.82) is 0 Å². The molecule has 0 aliphatic carbocycles. The van der Waals surface area contributed by atoms with Crippen molar-refractivity contribution in [3.8, 4) is 5.75 Å². The monoisotopic (exact) mass is 235 g/mol. The average molecular weight is 235 g/mol. The third-order valence-electron chi connectivity index (χ3n) is 2.29. The Kier molecular flexibility index (Phi) is 7.11. The molecule has 0 radical (unpaired) electrons. The summed E-state index contributed by atoms with van der Waals surface area (Å²) in [4.78, 5) is 0. The van der Waals surface area contributed by atoms with Gasteiger partial charge in [0.2, 0.25) is 0 Å². The summed E-state index contributed by atoms with van der Waals surface area (Å²) in [5, 5.41) is 12.8. The van der Waals surface area contributed by atoms with E-state index in [0.717, 1.165) is 18.7 Å². The van der Waals surface area contributed by atoms with Crippen LogP contribution in [-0.4, -0.2) is 30.9 Å². The van der Waals surface area contributed by atoms with E-state index >= 15 is 0 Å². The molecular formula is C14H21NO2. The molecule has 1 rings (SSSR count). The van der Waals surface area contributed by atoms with E-state index in [4.69, 9.17) is 4.74 Å². The summed E-state index contributed by atoms with van der Waals surface area (Å²) < 4.78 is 5.44. The van der Waals surface area contributed by atoms with E-state index in [2.05, 4.69) is 11.4 Å². The van der Waals surface area contributed by atoms with Gasteiger partial charge in [0.25, 0.3) is 0 Å². The highest BCUT2D eigenvalue weighted by molar-refractivity contribution is 5.20. The number of benzene rings is 1. The summed E-state index contributed by atoms with van der Waals surface area (Å²) in [6.45, 7) is 3.76. The van der Waals surface area contributed by atoms with Crippen LogP contribution in [0.4, 0.5) is 0 Å². The van der Waals surface area contributed by atoms with Gasteiger partial charge in [0.05, 0.1) is 0 Å². The molecule has 0 fully saturated rings. The molecule has 3 nitrogen and oxygen atoms in total. The second-order valence-electron chi connectivity index (χ2n) is 3.84. The molecule has 0 spiro atoms. The van der Waals surface area contributed by atoms with Crippen LogP contribution < -0.4 is 10.1 Å². The van der Waals surface area contributed by atoms with Crippen LogP contribution in [0.15, 0.2) is 42.5 Å². The molecule has 2 N–H and O–H groups in total. The second-order valence-corrected chi connectivity index (χ2v) is 3.84. The van der Waals surface area contributed by atoms with Crippen molar-refractivity contribution in [3.63, 3.8) is 0 Å². The first-order chi connectivity index (χ1) is 8.33. The van der Waals surface area contributed by atoms with Gasteiger partial charge in [-0.15, -0.1) is 0 Å². The molecule has 1 unspecified atom stereocenters. The fourth-order valence-electron chi connectivity index (χ4n) is 1.39. The second kappa shape index (κ2) is 8.79. The molecule has 0 bridgehead atoms. The summed E-state index contributed by atoms with van der Waals surface area (Å²) in [7, 11) is 0. The first-order valence-corrected chi connectivity index (χ1v) is 6.00. The van der Waals surface area contributed by atoms with E-state index < -0.39 is 6.10 Å². The largest absolute Gasteiger partial charge is 0.491 e. The van der Waals surface area contributed by atoms with Gasteiger partial charge < -0.3 is 15.2 Å². The molecule has 0 saturated carbocycles. The number of rotatable bonds is 8. The van der Waals surface area contributed by atoms with Crippen LogP contribution in [0.25, 0.3) is 0 Å². The highest BCUT2D eigenvalue weighted by Crippen LogP contribution is 2.08. The molecule has 0 heterocycles. The Bertz CT molecular complexity index is 311. The normalized spacial score (nSPS) is 12.8. The maximum atomic E-state index is 9.66. The molecule has 94 valence electrons. The summed E-state index contributed by atoms with van der Waals surface area (Å²) in [5.74, 6) is 0.792. The van der Waals surface area contributed by atoms with E-state index in [0.29, 0.717) is 13.2 Å². The highest BCUT2D eigenvalue weighted by atomic mass is 16.5. The lowest BCUT2D eigenvalue weighted by molar-refractivity contribution is 0.107. The number of allylic oxidation sites excluding steroid dienone is 1. The van der Waals surface area contributed by atoms with E-state index in [1.165, 1.54) is 0 Å². The quantitative estimate of drug-likeness (QED) is 0.535. The van der Waals surface area contributed by atoms with Gasteiger partial charge in [-0.3, -0.25) is 0 Å². The number of hydrogen-bond acceptors (Lipinski definition) is 3. The van der Waals surface area contributed by atoms with Gasteiger partial charge in [-0.2, -0.15) is 0 Å². The van der Waals surface area contributed by atoms with Crippen LogP contribution >= 0.6 is 0 Å². The van der Waals surface area contributed by atoms with Crippen molar-refractivity contribution in [3.05, 3.63) is 42.5 Å². The molecule has 0 aromatic heterocycles. The molecule has 1 atom stereocenters. The number of nitrogens with one attached hydrogen (secondary N) is 1. The standard InChI is InChI=1S/C14H21NO2/c1-2-3-7-10-15-11-13(16)12-17-14-8-5-4-6-9-14/h2-6,8-9,13,15-16H,7,10-12H2,1H3/b3-2+. The molecule has 0 aliphatic rings. The highest BCUT2D eigenvalue weighted by Gasteiger charge is 2.03. The summed E-state index contributed by atoms with van der Waals surface area (Å²) in [6.07, 6.45) is 4.64. The molecule has 1 aromatic carbocycles. The van der Waals surface area contributed by atoms with Gasteiger partial charge in [0.15, 0.2) is 0 Å². The Morgan fingerprint density at radius 2 is 2.12 bits per heavy atom. The van der Waals surface area contributed by atoms with Crippen LogP contribution in [0.1, 0.15) is 13.3 Å². The number of aliphatic hydroxyl groups is 1. The van der Waals surface area contributed by atoms with Gasteiger partial charge >= 0.3 is 0 Å². The minimum Gasteiger partial charge on any atom is -0.491 e. The minimum atomic E-state index is -0.471. The van der Waals surface area contributed by atoms with Crippen molar-refractivity contribution in [1.82, 2.24) is 5.32 Å². The van der Waals surface area contributed by atoms with Crippen molar-refractivity contribution in [2.24, 2.45) is 0 Å². The van der Waals surface area contributed by atoms with Gasteiger partial charge in [0, 0.05) is 6.54 Å². The smallest absolute Gasteiger partial charge is 0.119 e. The lowest BCUT2D eigenvalue weighted by Gasteiger charge is -2.12. The fourth-order valence-corrected chi connectivity index (χ4v) is 1.39. The Labute approximate surface area is 103 Å². The maximum absolute atomic E-state index is 9.66. The van der Waals surface area contributed by atoms with Crippen molar-refractivity contribution in [2.75, 3.05) is 19.7 Å². The van der Waals surface area contributed by atoms with Gasteiger partial charge in [-0.1, -0.05) is 30.4 Å². The topological polar surface area (TPSA) is 41.5 Å². The molecule has 0 saturated heterocycles. The summed E-state index contributed by atoms with van der Waals surface area (Å²) in [6, 6.07) is 9.53. The minimum absolute atomic E-state index is 0.320. The average Bonchev–Trinajstić information content (AvgIpc) is 2.37. The SMILES string of the molecule is C/C=C/CCNCC(O)COc1ccccc1. The van der Waals surface area contributed by atoms with E-state index in [-0.39, 0.29) is 0 Å². The number of para-hydroxylation sites is 1. The van der Waals surface area contributed by atoms with Crippen molar-refractivity contribution in [2.45, 2.75) is 19.4 Å². The predicted octanol–water partition coefficient (Wildman–Crippen LogP) is 1.98. The van der Waals surface area contributed by atoms with Gasteiger partial charge in [0.1, 0.15) is 18.5 Å². The third kappa shape index (κ3) is 6.76. The summed E-state index contributed by atoms with van der Waals surface area (Å²) in [5.41, 5.74) is 0. The third-order valence-corrected chi connectivity index (χ3v) is 2.29. The van der Waals surface area contributed by atoms with E-state index in [1.54, 1.807) is 0 Å². The van der Waals surface area contributed by atoms with Crippen molar-refractivity contribution >= 4 is 0 Å². The van der Waals surface area contributed by atoms with E-state index in [9.17, 15) is 5.11 Å². The molecular weight excluding hydrogens is 214 g/mol. The molecule has 0 amide bonds. The summed E-state index contributed by atoms with van der Waals surface area (Å²) >= 11 is 0. The Morgan fingerprint density at radius 3 is 2.82 bits per heavy atom. The van der Waals surface area contributed by atoms with Crippen LogP contribution in [0.2, 0.25) is 0 Å². The predicted molar refractivity (Wildman–Crippen MR) is 70.2 cm³/mol. The lowest BCUT2D eigenvalue weighted by Crippen LogP contribution is -2.31. The maximum Gasteiger partial charge on any atom is 0.119 e. The zero-order valence-electron chi connectivity index (χ0n) is 10.3. The first kappa shape index (κ1) is 13.7. The first-order valence-electron chi connectivity index (χ1n) is 6.00. The lowest BCUT2D eigenvalue weighted by atomic mass is 10.3. The van der Waals surface area contributed by atoms with Gasteiger partial charge in [-0.05, 0) is 32.0 Å². The Morgan fingerprint density at radius 1 is 1.35 bits per heavy atom. The zero-order valence-corrected chi connectivity index (χ0v) is 10.3. The van der Waals surface area contributed by atoms with Crippen LogP contribution in [-0.2, 0) is 0 Å².